The van der Waals surface area contributed by atoms with Crippen LogP contribution in [-0.2, 0) is 9.59 Å². The number of esters is 1. The molecule has 1 fully saturated rings. The normalized spacial score (nSPS) is 22.4. The maximum Gasteiger partial charge on any atom is 0.314 e. The highest BCUT2D eigenvalue weighted by atomic mass is 32.2. The fourth-order valence-corrected chi connectivity index (χ4v) is 5.77. The summed E-state index contributed by atoms with van der Waals surface area (Å²) in [4.78, 5) is 24.4. The molecule has 2 aromatic carbocycles. The molecule has 1 aliphatic carbocycles. The Bertz CT molecular complexity index is 1210. The summed E-state index contributed by atoms with van der Waals surface area (Å²) in [7, 11) is 0. The van der Waals surface area contributed by atoms with Crippen LogP contribution in [-0.4, -0.2) is 17.4 Å². The van der Waals surface area contributed by atoms with Gasteiger partial charge in [-0.15, -0.1) is 0 Å². The number of nitrogens with one attached hydrogen (secondary N) is 1. The Morgan fingerprint density at radius 1 is 1.19 bits per heavy atom. The van der Waals surface area contributed by atoms with E-state index in [1.54, 1.807) is 6.07 Å². The molecular weight excluding hydrogens is 426 g/mol. The van der Waals surface area contributed by atoms with Crippen LogP contribution in [0.15, 0.2) is 39.6 Å². The lowest BCUT2D eigenvalue weighted by atomic mass is 9.83. The number of thioether (sulfide) groups is 1. The van der Waals surface area contributed by atoms with Crippen LogP contribution in [0.25, 0.3) is 11.0 Å². The summed E-state index contributed by atoms with van der Waals surface area (Å²) in [6, 6.07) is 9.33. The number of ether oxygens (including phenoxy) is 1. The first-order valence-corrected chi connectivity index (χ1v) is 11.8. The number of hydrogen-bond acceptors (Lipinski definition) is 7. The molecule has 2 aliphatic rings. The van der Waals surface area contributed by atoms with Gasteiger partial charge in [0, 0.05) is 11.3 Å². The minimum atomic E-state index is -0.277. The number of hydrogen-bond donors (Lipinski definition) is 2. The topological polar surface area (TPSA) is 88.8 Å². The van der Waals surface area contributed by atoms with Crippen molar-refractivity contribution < 1.29 is 23.8 Å². The molecule has 1 unspecified atom stereocenters. The molecule has 0 radical (unpaired) electrons. The van der Waals surface area contributed by atoms with Crippen LogP contribution in [0, 0.1) is 25.7 Å². The fourth-order valence-electron chi connectivity index (χ4n) is 4.62. The van der Waals surface area contributed by atoms with Gasteiger partial charge in [-0.1, -0.05) is 17.8 Å². The molecule has 2 N–H and O–H groups in total. The Kier molecular flexibility index (Phi) is 5.37. The van der Waals surface area contributed by atoms with Crippen molar-refractivity contribution in [1.82, 2.24) is 0 Å². The number of carbonyl (C=O) groups is 2. The number of furan rings is 1. The predicted octanol–water partition coefficient (Wildman–Crippen LogP) is 5.88. The van der Waals surface area contributed by atoms with Gasteiger partial charge in [-0.2, -0.15) is 0 Å². The summed E-state index contributed by atoms with van der Waals surface area (Å²) in [6.45, 7) is 4.10. The molecule has 1 aliphatic heterocycles. The second kappa shape index (κ2) is 8.20. The molecule has 0 spiro atoms. The number of carbonyl (C=O) groups excluding carboxylic acids is 2. The van der Waals surface area contributed by atoms with Gasteiger partial charge in [-0.25, -0.2) is 0 Å². The maximum atomic E-state index is 12.8. The van der Waals surface area contributed by atoms with E-state index < -0.39 is 0 Å². The lowest BCUT2D eigenvalue weighted by Crippen LogP contribution is -2.26. The molecule has 1 aromatic heterocycles. The number of fused-ring (bicyclic) bond motifs is 2. The molecule has 32 heavy (non-hydrogen) atoms. The van der Waals surface area contributed by atoms with E-state index in [1.165, 1.54) is 17.8 Å². The molecule has 0 saturated heterocycles. The molecule has 1 saturated carbocycles. The van der Waals surface area contributed by atoms with E-state index in [4.69, 9.17) is 9.15 Å². The molecular formula is C25H25NO5S. The van der Waals surface area contributed by atoms with Gasteiger partial charge >= 0.3 is 5.97 Å². The smallest absolute Gasteiger partial charge is 0.314 e. The molecule has 7 heteroatoms. The van der Waals surface area contributed by atoms with Gasteiger partial charge in [-0.05, 0) is 74.9 Å². The van der Waals surface area contributed by atoms with Crippen molar-refractivity contribution >= 4 is 40.7 Å². The molecule has 166 valence electrons. The number of aromatic hydroxyl groups is 1. The van der Waals surface area contributed by atoms with Gasteiger partial charge in [-0.3, -0.25) is 4.79 Å². The molecule has 3 aromatic rings. The van der Waals surface area contributed by atoms with Gasteiger partial charge in [0.15, 0.2) is 0 Å². The Morgan fingerprint density at radius 2 is 1.97 bits per heavy atom. The quantitative estimate of drug-likeness (QED) is 0.221. The summed E-state index contributed by atoms with van der Waals surface area (Å²) in [6.07, 6.45) is 3.75. The number of anilines is 1. The van der Waals surface area contributed by atoms with Gasteiger partial charge in [0.05, 0.1) is 16.5 Å². The molecule has 5 rings (SSSR count). The first-order valence-electron chi connectivity index (χ1n) is 10.9. The van der Waals surface area contributed by atoms with Gasteiger partial charge in [0.2, 0.25) is 0 Å². The van der Waals surface area contributed by atoms with E-state index in [2.05, 4.69) is 18.3 Å². The van der Waals surface area contributed by atoms with E-state index in [0.717, 1.165) is 47.0 Å². The third-order valence-corrected chi connectivity index (χ3v) is 7.61. The zero-order valence-electron chi connectivity index (χ0n) is 18.0. The summed E-state index contributed by atoms with van der Waals surface area (Å²) in [5.74, 6) is 0.855. The highest BCUT2D eigenvalue weighted by Crippen LogP contribution is 2.54. The Balaban J connectivity index is 1.37. The first-order chi connectivity index (χ1) is 15.4. The second-order valence-corrected chi connectivity index (χ2v) is 9.86. The minimum Gasteiger partial charge on any atom is -0.506 e. The van der Waals surface area contributed by atoms with Crippen molar-refractivity contribution in [2.24, 2.45) is 11.8 Å². The van der Waals surface area contributed by atoms with Crippen molar-refractivity contribution in [2.45, 2.75) is 49.8 Å². The van der Waals surface area contributed by atoms with Crippen LogP contribution in [0.2, 0.25) is 0 Å². The average Bonchev–Trinajstić information content (AvgIpc) is 3.41. The van der Waals surface area contributed by atoms with Crippen molar-refractivity contribution in [3.8, 4) is 11.5 Å². The molecule has 1 atom stereocenters. The Morgan fingerprint density at radius 3 is 2.72 bits per heavy atom. The van der Waals surface area contributed by atoms with Crippen LogP contribution < -0.4 is 10.1 Å². The SMILES string of the molecule is Cc1cc(C)c2cc(C3Nc4c(O)ccc(OC(=O)C5CCC(C=O)CC5)c4S3)oc2c1. The van der Waals surface area contributed by atoms with Gasteiger partial charge < -0.3 is 24.4 Å². The van der Waals surface area contributed by atoms with Crippen LogP contribution >= 0.6 is 11.8 Å². The first kappa shape index (κ1) is 20.9. The average molecular weight is 452 g/mol. The molecule has 0 amide bonds. The van der Waals surface area contributed by atoms with E-state index >= 15 is 0 Å². The zero-order chi connectivity index (χ0) is 22.4. The monoisotopic (exact) mass is 451 g/mol. The number of phenols is 1. The van der Waals surface area contributed by atoms with E-state index in [-0.39, 0.29) is 28.9 Å². The van der Waals surface area contributed by atoms with Crippen LogP contribution in [0.4, 0.5) is 5.69 Å². The van der Waals surface area contributed by atoms with Crippen molar-refractivity contribution in [3.05, 3.63) is 47.2 Å². The number of aryl methyl sites for hydroxylation is 2. The largest absolute Gasteiger partial charge is 0.506 e. The second-order valence-electron chi connectivity index (χ2n) is 8.74. The summed E-state index contributed by atoms with van der Waals surface area (Å²) in [5.41, 5.74) is 3.67. The van der Waals surface area contributed by atoms with Crippen LogP contribution in [0.1, 0.15) is 47.9 Å². The van der Waals surface area contributed by atoms with Crippen molar-refractivity contribution in [3.63, 3.8) is 0 Å². The highest BCUT2D eigenvalue weighted by Gasteiger charge is 2.33. The number of aldehydes is 1. The minimum absolute atomic E-state index is 0.0497. The standard InChI is InChI=1S/C25H25NO5S/c1-13-9-14(2)17-11-21(30-20(17)10-13)24-26-22-18(28)7-8-19(23(22)32-24)31-25(29)16-5-3-15(12-27)4-6-16/h7-12,15-16,24,26,28H,3-6H2,1-2H3. The molecule has 6 nitrogen and oxygen atoms in total. The number of phenolic OH excluding ortho intramolecular Hbond substituents is 1. The lowest BCUT2D eigenvalue weighted by Gasteiger charge is -2.24. The lowest BCUT2D eigenvalue weighted by molar-refractivity contribution is -0.140. The maximum absolute atomic E-state index is 12.8. The van der Waals surface area contributed by atoms with Crippen LogP contribution in [0.3, 0.4) is 0 Å². The van der Waals surface area contributed by atoms with E-state index in [0.29, 0.717) is 29.2 Å². The third-order valence-electron chi connectivity index (χ3n) is 6.38. The van der Waals surface area contributed by atoms with E-state index in [9.17, 15) is 14.7 Å². The summed E-state index contributed by atoms with van der Waals surface area (Å²) in [5, 5.41) is 14.5. The Hall–Kier alpha value is -2.93. The summed E-state index contributed by atoms with van der Waals surface area (Å²) >= 11 is 1.46. The number of rotatable bonds is 4. The van der Waals surface area contributed by atoms with Gasteiger partial charge in [0.25, 0.3) is 0 Å². The third kappa shape index (κ3) is 3.75. The molecule has 2 heterocycles. The highest BCUT2D eigenvalue weighted by molar-refractivity contribution is 8.00. The Labute approximate surface area is 190 Å². The molecule has 0 bridgehead atoms. The van der Waals surface area contributed by atoms with Crippen molar-refractivity contribution in [1.29, 1.82) is 0 Å². The van der Waals surface area contributed by atoms with Crippen molar-refractivity contribution in [2.75, 3.05) is 5.32 Å². The zero-order valence-corrected chi connectivity index (χ0v) is 18.8. The number of benzene rings is 2. The van der Waals surface area contributed by atoms with E-state index in [1.807, 2.05) is 19.1 Å². The summed E-state index contributed by atoms with van der Waals surface area (Å²) < 4.78 is 11.9. The van der Waals surface area contributed by atoms with Gasteiger partial charge in [0.1, 0.15) is 34.5 Å². The fraction of sp³-hybridized carbons (Fsp3) is 0.360. The predicted molar refractivity (Wildman–Crippen MR) is 123 cm³/mol. The van der Waals surface area contributed by atoms with Crippen LogP contribution in [0.5, 0.6) is 11.5 Å².